The zero-order chi connectivity index (χ0) is 16.2. The average Bonchev–Trinajstić information content (AvgIpc) is 3.07. The third-order valence-electron chi connectivity index (χ3n) is 3.33. The van der Waals surface area contributed by atoms with Gasteiger partial charge in [0.25, 0.3) is 0 Å². The molecule has 0 aliphatic rings. The SMILES string of the molecule is CCN(C(=O)c1nnc(-c2ccc(F)cc2)o1)c1ccccc1. The lowest BCUT2D eigenvalue weighted by atomic mass is 10.2. The van der Waals surface area contributed by atoms with E-state index in [9.17, 15) is 9.18 Å². The zero-order valence-electron chi connectivity index (χ0n) is 12.4. The van der Waals surface area contributed by atoms with Crippen molar-refractivity contribution >= 4 is 11.6 Å². The van der Waals surface area contributed by atoms with E-state index in [4.69, 9.17) is 4.42 Å². The summed E-state index contributed by atoms with van der Waals surface area (Å²) in [4.78, 5) is 14.1. The third-order valence-corrected chi connectivity index (χ3v) is 3.33. The first-order valence-corrected chi connectivity index (χ1v) is 7.15. The molecule has 116 valence electrons. The van der Waals surface area contributed by atoms with Crippen LogP contribution in [0.25, 0.3) is 11.5 Å². The number of benzene rings is 2. The topological polar surface area (TPSA) is 59.2 Å². The van der Waals surface area contributed by atoms with Gasteiger partial charge < -0.3 is 9.32 Å². The highest BCUT2D eigenvalue weighted by Crippen LogP contribution is 2.20. The van der Waals surface area contributed by atoms with E-state index in [-0.39, 0.29) is 23.5 Å². The smallest absolute Gasteiger partial charge is 0.315 e. The molecule has 5 nitrogen and oxygen atoms in total. The molecule has 0 bridgehead atoms. The number of halogens is 1. The molecule has 1 amide bonds. The van der Waals surface area contributed by atoms with Crippen molar-refractivity contribution in [3.05, 3.63) is 66.3 Å². The van der Waals surface area contributed by atoms with Gasteiger partial charge in [-0.25, -0.2) is 4.39 Å². The Balaban J connectivity index is 1.87. The van der Waals surface area contributed by atoms with E-state index in [1.54, 1.807) is 4.90 Å². The number of hydrogen-bond acceptors (Lipinski definition) is 4. The van der Waals surface area contributed by atoms with Gasteiger partial charge in [0, 0.05) is 17.8 Å². The summed E-state index contributed by atoms with van der Waals surface area (Å²) in [7, 11) is 0. The van der Waals surface area contributed by atoms with Crippen molar-refractivity contribution < 1.29 is 13.6 Å². The van der Waals surface area contributed by atoms with Crippen molar-refractivity contribution in [2.75, 3.05) is 11.4 Å². The second-order valence-corrected chi connectivity index (χ2v) is 4.80. The highest BCUT2D eigenvalue weighted by atomic mass is 19.1. The number of para-hydroxylation sites is 1. The molecule has 0 aliphatic carbocycles. The molecule has 0 spiro atoms. The van der Waals surface area contributed by atoms with Gasteiger partial charge in [-0.15, -0.1) is 10.2 Å². The largest absolute Gasteiger partial charge is 0.412 e. The number of carbonyl (C=O) groups is 1. The standard InChI is InChI=1S/C17H14FN3O2/c1-2-21(14-6-4-3-5-7-14)17(22)16-20-19-15(23-16)12-8-10-13(18)11-9-12/h3-11H,2H2,1H3. The van der Waals surface area contributed by atoms with Crippen LogP contribution in [0.3, 0.4) is 0 Å². The van der Waals surface area contributed by atoms with Crippen molar-refractivity contribution in [3.63, 3.8) is 0 Å². The van der Waals surface area contributed by atoms with Crippen LogP contribution in [-0.4, -0.2) is 22.6 Å². The summed E-state index contributed by atoms with van der Waals surface area (Å²) in [5, 5.41) is 7.67. The van der Waals surface area contributed by atoms with Crippen molar-refractivity contribution in [1.29, 1.82) is 0 Å². The first kappa shape index (κ1) is 14.9. The lowest BCUT2D eigenvalue weighted by Gasteiger charge is -2.18. The Hall–Kier alpha value is -3.02. The molecule has 0 radical (unpaired) electrons. The van der Waals surface area contributed by atoms with Crippen LogP contribution in [0, 0.1) is 5.82 Å². The van der Waals surface area contributed by atoms with Gasteiger partial charge in [-0.2, -0.15) is 0 Å². The molecule has 0 aliphatic heterocycles. The van der Waals surface area contributed by atoms with Crippen LogP contribution in [-0.2, 0) is 0 Å². The fourth-order valence-corrected chi connectivity index (χ4v) is 2.19. The quantitative estimate of drug-likeness (QED) is 0.739. The molecule has 0 N–H and O–H groups in total. The normalized spacial score (nSPS) is 10.5. The van der Waals surface area contributed by atoms with Gasteiger partial charge in [0.15, 0.2) is 0 Å². The molecule has 6 heteroatoms. The van der Waals surface area contributed by atoms with E-state index in [1.807, 2.05) is 37.3 Å². The molecule has 0 atom stereocenters. The number of hydrogen-bond donors (Lipinski definition) is 0. The van der Waals surface area contributed by atoms with E-state index in [0.717, 1.165) is 5.69 Å². The molecule has 23 heavy (non-hydrogen) atoms. The van der Waals surface area contributed by atoms with Crippen molar-refractivity contribution in [2.45, 2.75) is 6.92 Å². The molecular weight excluding hydrogens is 297 g/mol. The van der Waals surface area contributed by atoms with E-state index in [1.165, 1.54) is 24.3 Å². The van der Waals surface area contributed by atoms with Crippen LogP contribution in [0.15, 0.2) is 59.0 Å². The Kier molecular flexibility index (Phi) is 4.14. The molecule has 0 saturated carbocycles. The first-order valence-electron chi connectivity index (χ1n) is 7.15. The Bertz CT molecular complexity index is 800. The number of aromatic nitrogens is 2. The van der Waals surface area contributed by atoms with Crippen molar-refractivity contribution in [3.8, 4) is 11.5 Å². The van der Waals surface area contributed by atoms with Crippen LogP contribution >= 0.6 is 0 Å². The summed E-state index contributed by atoms with van der Waals surface area (Å²) in [6, 6.07) is 14.9. The van der Waals surface area contributed by atoms with Crippen LogP contribution in [0.1, 0.15) is 17.6 Å². The Morgan fingerprint density at radius 2 is 1.78 bits per heavy atom. The molecule has 2 aromatic carbocycles. The maximum atomic E-state index is 12.9. The summed E-state index contributed by atoms with van der Waals surface area (Å²) in [6.45, 7) is 2.33. The van der Waals surface area contributed by atoms with Gasteiger partial charge in [-0.05, 0) is 43.3 Å². The molecule has 3 aromatic rings. The van der Waals surface area contributed by atoms with Crippen LogP contribution in [0.2, 0.25) is 0 Å². The summed E-state index contributed by atoms with van der Waals surface area (Å²) >= 11 is 0. The highest BCUT2D eigenvalue weighted by molar-refractivity contribution is 6.02. The third kappa shape index (κ3) is 3.11. The minimum atomic E-state index is -0.375. The van der Waals surface area contributed by atoms with E-state index >= 15 is 0 Å². The summed E-state index contributed by atoms with van der Waals surface area (Å²) in [5.41, 5.74) is 1.31. The highest BCUT2D eigenvalue weighted by Gasteiger charge is 2.22. The second-order valence-electron chi connectivity index (χ2n) is 4.80. The number of amides is 1. The van der Waals surface area contributed by atoms with E-state index in [0.29, 0.717) is 12.1 Å². The lowest BCUT2D eigenvalue weighted by Crippen LogP contribution is -2.30. The Morgan fingerprint density at radius 3 is 2.43 bits per heavy atom. The number of rotatable bonds is 4. The fourth-order valence-electron chi connectivity index (χ4n) is 2.19. The van der Waals surface area contributed by atoms with E-state index in [2.05, 4.69) is 10.2 Å². The van der Waals surface area contributed by atoms with Gasteiger partial charge >= 0.3 is 11.8 Å². The summed E-state index contributed by atoms with van der Waals surface area (Å²) < 4.78 is 18.4. The fraction of sp³-hybridized carbons (Fsp3) is 0.118. The number of carbonyl (C=O) groups excluding carboxylic acids is 1. The predicted molar refractivity (Wildman–Crippen MR) is 83.5 cm³/mol. The zero-order valence-corrected chi connectivity index (χ0v) is 12.4. The van der Waals surface area contributed by atoms with Crippen LogP contribution < -0.4 is 4.90 Å². The van der Waals surface area contributed by atoms with Gasteiger partial charge in [-0.3, -0.25) is 4.79 Å². The van der Waals surface area contributed by atoms with Gasteiger partial charge in [0.05, 0.1) is 0 Å². The van der Waals surface area contributed by atoms with Crippen LogP contribution in [0.4, 0.5) is 10.1 Å². The second kappa shape index (κ2) is 6.39. The van der Waals surface area contributed by atoms with Gasteiger partial charge in [0.1, 0.15) is 5.82 Å². The summed E-state index contributed by atoms with van der Waals surface area (Å²) in [6.07, 6.45) is 0. The van der Waals surface area contributed by atoms with Gasteiger partial charge in [-0.1, -0.05) is 18.2 Å². The summed E-state index contributed by atoms with van der Waals surface area (Å²) in [5.74, 6) is -0.655. The predicted octanol–water partition coefficient (Wildman–Crippen LogP) is 3.54. The minimum absolute atomic E-state index is 0.102. The van der Waals surface area contributed by atoms with Crippen molar-refractivity contribution in [2.24, 2.45) is 0 Å². The molecule has 1 heterocycles. The first-order chi connectivity index (χ1) is 11.2. The minimum Gasteiger partial charge on any atom is -0.412 e. The number of anilines is 1. The van der Waals surface area contributed by atoms with Gasteiger partial charge in [0.2, 0.25) is 5.89 Å². The Labute approximate surface area is 132 Å². The van der Waals surface area contributed by atoms with Crippen molar-refractivity contribution in [1.82, 2.24) is 10.2 Å². The monoisotopic (exact) mass is 311 g/mol. The molecule has 0 fully saturated rings. The van der Waals surface area contributed by atoms with E-state index < -0.39 is 0 Å². The maximum absolute atomic E-state index is 12.9. The Morgan fingerprint density at radius 1 is 1.09 bits per heavy atom. The van der Waals surface area contributed by atoms with Crippen LogP contribution in [0.5, 0.6) is 0 Å². The molecule has 1 aromatic heterocycles. The molecule has 0 unspecified atom stereocenters. The molecule has 0 saturated heterocycles. The molecular formula is C17H14FN3O2. The molecule has 3 rings (SSSR count). The average molecular weight is 311 g/mol. The number of nitrogens with zero attached hydrogens (tertiary/aromatic N) is 3. The lowest BCUT2D eigenvalue weighted by molar-refractivity contribution is 0.0955. The maximum Gasteiger partial charge on any atom is 0.315 e.